The summed E-state index contributed by atoms with van der Waals surface area (Å²) in [4.78, 5) is 16.1. The zero-order chi connectivity index (χ0) is 20.5. The van der Waals surface area contributed by atoms with Gasteiger partial charge in [-0.1, -0.05) is 18.2 Å². The van der Waals surface area contributed by atoms with Crippen molar-refractivity contribution in [1.82, 2.24) is 9.38 Å². The summed E-state index contributed by atoms with van der Waals surface area (Å²) in [6.45, 7) is 1.57. The normalized spacial score (nSPS) is 11.0. The highest BCUT2D eigenvalue weighted by Crippen LogP contribution is 2.30. The van der Waals surface area contributed by atoms with E-state index in [1.54, 1.807) is 36.5 Å². The van der Waals surface area contributed by atoms with Gasteiger partial charge in [0, 0.05) is 17.3 Å². The van der Waals surface area contributed by atoms with Crippen molar-refractivity contribution >= 4 is 11.6 Å². The molecule has 0 saturated heterocycles. The first-order chi connectivity index (χ1) is 14.0. The summed E-state index contributed by atoms with van der Waals surface area (Å²) >= 11 is 0. The summed E-state index contributed by atoms with van der Waals surface area (Å²) in [6.07, 6.45) is 1.80. The lowest BCUT2D eigenvalue weighted by atomic mass is 10.1. The minimum absolute atomic E-state index is 0.146. The zero-order valence-corrected chi connectivity index (χ0v) is 15.5. The highest BCUT2D eigenvalue weighted by molar-refractivity contribution is 5.94. The van der Waals surface area contributed by atoms with Crippen LogP contribution in [-0.4, -0.2) is 15.3 Å². The molecule has 29 heavy (non-hydrogen) atoms. The number of hydrogen-bond acceptors (Lipinski definition) is 3. The third-order valence-electron chi connectivity index (χ3n) is 4.64. The monoisotopic (exact) mass is 393 g/mol. The predicted octanol–water partition coefficient (Wildman–Crippen LogP) is 4.27. The first-order valence-corrected chi connectivity index (χ1v) is 8.89. The Morgan fingerprint density at radius 1 is 1.10 bits per heavy atom. The van der Waals surface area contributed by atoms with Gasteiger partial charge in [-0.2, -0.15) is 0 Å². The Balaban J connectivity index is 1.75. The molecule has 2 aromatic heterocycles. The average Bonchev–Trinajstić information content (AvgIpc) is 3.04. The molecule has 0 atom stereocenters. The molecule has 0 saturated carbocycles. The van der Waals surface area contributed by atoms with Gasteiger partial charge in [0.2, 0.25) is 5.91 Å². The SMILES string of the molecule is Cc1nc2c(OCc3c(F)cccc3F)cccn2c1-c1cccc(C(N)=O)c1. The van der Waals surface area contributed by atoms with E-state index in [0.717, 1.165) is 11.3 Å². The van der Waals surface area contributed by atoms with Crippen molar-refractivity contribution < 1.29 is 18.3 Å². The Hall–Kier alpha value is -3.74. The Morgan fingerprint density at radius 2 is 1.83 bits per heavy atom. The van der Waals surface area contributed by atoms with Crippen molar-refractivity contribution in [1.29, 1.82) is 0 Å². The molecule has 5 nitrogen and oxygen atoms in total. The number of pyridine rings is 1. The number of primary amides is 1. The van der Waals surface area contributed by atoms with Gasteiger partial charge in [-0.15, -0.1) is 0 Å². The van der Waals surface area contributed by atoms with Crippen molar-refractivity contribution in [2.75, 3.05) is 0 Å². The number of benzene rings is 2. The largest absolute Gasteiger partial charge is 0.485 e. The Labute approximate surface area is 165 Å². The molecule has 0 aliphatic heterocycles. The van der Waals surface area contributed by atoms with Crippen LogP contribution >= 0.6 is 0 Å². The minimum atomic E-state index is -0.666. The topological polar surface area (TPSA) is 69.6 Å². The van der Waals surface area contributed by atoms with Crippen LogP contribution in [0.2, 0.25) is 0 Å². The van der Waals surface area contributed by atoms with Crippen molar-refractivity contribution in [3.63, 3.8) is 0 Å². The van der Waals surface area contributed by atoms with Gasteiger partial charge in [-0.3, -0.25) is 9.20 Å². The molecule has 0 bridgehead atoms. The molecule has 2 N–H and O–H groups in total. The molecule has 7 heteroatoms. The van der Waals surface area contributed by atoms with Crippen LogP contribution in [0.25, 0.3) is 16.9 Å². The summed E-state index contributed by atoms with van der Waals surface area (Å²) in [5, 5.41) is 0. The molecule has 0 fully saturated rings. The summed E-state index contributed by atoms with van der Waals surface area (Å²) < 4.78 is 35.3. The number of hydrogen-bond donors (Lipinski definition) is 1. The molecule has 146 valence electrons. The molecule has 0 unspecified atom stereocenters. The van der Waals surface area contributed by atoms with E-state index in [1.165, 1.54) is 18.2 Å². The van der Waals surface area contributed by atoms with Crippen LogP contribution < -0.4 is 10.5 Å². The molecule has 0 aliphatic rings. The van der Waals surface area contributed by atoms with Crippen molar-refractivity contribution in [3.8, 4) is 17.0 Å². The smallest absolute Gasteiger partial charge is 0.248 e. The van der Waals surface area contributed by atoms with Crippen molar-refractivity contribution in [2.45, 2.75) is 13.5 Å². The molecule has 4 aromatic rings. The highest BCUT2D eigenvalue weighted by Gasteiger charge is 2.16. The Kier molecular flexibility index (Phi) is 4.72. The number of carbonyl (C=O) groups is 1. The average molecular weight is 393 g/mol. The maximum atomic E-state index is 13.9. The van der Waals surface area contributed by atoms with Gasteiger partial charge < -0.3 is 10.5 Å². The summed E-state index contributed by atoms with van der Waals surface area (Å²) in [7, 11) is 0. The second-order valence-corrected chi connectivity index (χ2v) is 6.55. The van der Waals surface area contributed by atoms with Gasteiger partial charge >= 0.3 is 0 Å². The first kappa shape index (κ1) is 18.6. The molecule has 0 spiro atoms. The van der Waals surface area contributed by atoms with E-state index in [4.69, 9.17) is 10.5 Å². The molecule has 2 aromatic carbocycles. The molecule has 2 heterocycles. The number of aryl methyl sites for hydroxylation is 1. The van der Waals surface area contributed by atoms with Crippen LogP contribution in [0, 0.1) is 18.6 Å². The second-order valence-electron chi connectivity index (χ2n) is 6.55. The summed E-state index contributed by atoms with van der Waals surface area (Å²) in [5.41, 5.74) is 8.38. The number of fused-ring (bicyclic) bond motifs is 1. The molecule has 0 radical (unpaired) electrons. The van der Waals surface area contributed by atoms with E-state index < -0.39 is 17.5 Å². The van der Waals surface area contributed by atoms with E-state index in [0.29, 0.717) is 22.7 Å². The molecular weight excluding hydrogens is 376 g/mol. The van der Waals surface area contributed by atoms with E-state index in [2.05, 4.69) is 4.98 Å². The maximum Gasteiger partial charge on any atom is 0.248 e. The van der Waals surface area contributed by atoms with Gasteiger partial charge in [0.15, 0.2) is 11.4 Å². The number of carbonyl (C=O) groups excluding carboxylic acids is 1. The van der Waals surface area contributed by atoms with Gasteiger partial charge in [0.05, 0.1) is 17.0 Å². The Bertz CT molecular complexity index is 1210. The van der Waals surface area contributed by atoms with E-state index in [9.17, 15) is 13.6 Å². The van der Waals surface area contributed by atoms with Gasteiger partial charge in [-0.05, 0) is 43.3 Å². The number of ether oxygens (including phenoxy) is 1. The quantitative estimate of drug-likeness (QED) is 0.551. The third-order valence-corrected chi connectivity index (χ3v) is 4.64. The van der Waals surface area contributed by atoms with Gasteiger partial charge in [0.1, 0.15) is 18.2 Å². The van der Waals surface area contributed by atoms with Crippen molar-refractivity contribution in [3.05, 3.63) is 89.2 Å². The molecular formula is C22H17F2N3O2. The van der Waals surface area contributed by atoms with E-state index in [1.807, 2.05) is 17.4 Å². The van der Waals surface area contributed by atoms with Crippen LogP contribution in [0.4, 0.5) is 8.78 Å². The van der Waals surface area contributed by atoms with Crippen LogP contribution in [0.5, 0.6) is 5.75 Å². The first-order valence-electron chi connectivity index (χ1n) is 8.89. The second kappa shape index (κ2) is 7.35. The third kappa shape index (κ3) is 3.42. The van der Waals surface area contributed by atoms with E-state index >= 15 is 0 Å². The van der Waals surface area contributed by atoms with Crippen molar-refractivity contribution in [2.24, 2.45) is 5.73 Å². The number of halogens is 2. The molecule has 1 amide bonds. The van der Waals surface area contributed by atoms with E-state index in [-0.39, 0.29) is 12.2 Å². The Morgan fingerprint density at radius 3 is 2.55 bits per heavy atom. The van der Waals surface area contributed by atoms with Crippen LogP contribution in [0.15, 0.2) is 60.8 Å². The van der Waals surface area contributed by atoms with Crippen LogP contribution in [0.3, 0.4) is 0 Å². The number of imidazole rings is 1. The lowest BCUT2D eigenvalue weighted by molar-refractivity contribution is 0.100. The highest BCUT2D eigenvalue weighted by atomic mass is 19.1. The van der Waals surface area contributed by atoms with Crippen LogP contribution in [0.1, 0.15) is 21.6 Å². The van der Waals surface area contributed by atoms with Crippen LogP contribution in [-0.2, 0) is 6.61 Å². The fraction of sp³-hybridized carbons (Fsp3) is 0.0909. The summed E-state index contributed by atoms with van der Waals surface area (Å²) in [6, 6.07) is 14.0. The molecule has 4 rings (SSSR count). The number of nitrogens with two attached hydrogens (primary N) is 1. The molecule has 0 aliphatic carbocycles. The standard InChI is InChI=1S/C22H17F2N3O2/c1-13-20(14-5-2-6-15(11-14)21(25)28)27-10-4-9-19(22(27)26-13)29-12-16-17(23)7-3-8-18(16)24/h2-11H,12H2,1H3,(H2,25,28). The minimum Gasteiger partial charge on any atom is -0.485 e. The van der Waals surface area contributed by atoms with Gasteiger partial charge in [-0.25, -0.2) is 13.8 Å². The number of nitrogens with zero attached hydrogens (tertiary/aromatic N) is 2. The fourth-order valence-electron chi connectivity index (χ4n) is 3.26. The number of amides is 1. The predicted molar refractivity (Wildman–Crippen MR) is 105 cm³/mol. The van der Waals surface area contributed by atoms with Gasteiger partial charge in [0.25, 0.3) is 0 Å². The maximum absolute atomic E-state index is 13.9. The lowest BCUT2D eigenvalue weighted by Gasteiger charge is -2.10. The lowest BCUT2D eigenvalue weighted by Crippen LogP contribution is -2.10. The fourth-order valence-corrected chi connectivity index (χ4v) is 3.26. The zero-order valence-electron chi connectivity index (χ0n) is 15.5. The number of aromatic nitrogens is 2. The number of rotatable bonds is 5. The summed E-state index contributed by atoms with van der Waals surface area (Å²) in [5.74, 6) is -1.47.